The standard InChI is InChI=1S/C18H13FN2O4/c19-11-7-5-10(6-8-11)9-14(20)25-18(21)17-16(23)15(22)12-3-1-2-4-13(12)24-17/h1-8,20-21,23H,9H2. The van der Waals surface area contributed by atoms with Crippen molar-refractivity contribution in [3.8, 4) is 5.75 Å². The lowest BCUT2D eigenvalue weighted by Crippen LogP contribution is -2.16. The summed E-state index contributed by atoms with van der Waals surface area (Å²) in [6, 6.07) is 11.8. The molecule has 0 atom stereocenters. The van der Waals surface area contributed by atoms with E-state index < -0.39 is 28.7 Å². The van der Waals surface area contributed by atoms with Crippen LogP contribution in [0.25, 0.3) is 11.0 Å². The first kappa shape index (κ1) is 16.4. The van der Waals surface area contributed by atoms with Crippen molar-refractivity contribution in [3.05, 3.63) is 75.9 Å². The molecule has 0 saturated heterocycles. The monoisotopic (exact) mass is 340 g/mol. The molecule has 25 heavy (non-hydrogen) atoms. The summed E-state index contributed by atoms with van der Waals surface area (Å²) < 4.78 is 23.3. The van der Waals surface area contributed by atoms with E-state index in [-0.39, 0.29) is 23.3 Å². The second-order valence-corrected chi connectivity index (χ2v) is 5.26. The Kier molecular flexibility index (Phi) is 4.30. The Morgan fingerprint density at radius 3 is 2.52 bits per heavy atom. The third kappa shape index (κ3) is 3.40. The van der Waals surface area contributed by atoms with E-state index in [9.17, 15) is 14.3 Å². The first-order valence-corrected chi connectivity index (χ1v) is 7.29. The van der Waals surface area contributed by atoms with Crippen molar-refractivity contribution < 1.29 is 18.7 Å². The summed E-state index contributed by atoms with van der Waals surface area (Å²) in [5.74, 6) is -2.57. The van der Waals surface area contributed by atoms with Gasteiger partial charge < -0.3 is 14.3 Å². The second kappa shape index (κ2) is 6.56. The van der Waals surface area contributed by atoms with Crippen molar-refractivity contribution in [2.75, 3.05) is 0 Å². The number of fused-ring (bicyclic) bond motifs is 1. The predicted octanol–water partition coefficient (Wildman–Crippen LogP) is 3.20. The lowest BCUT2D eigenvalue weighted by molar-refractivity contribution is 0.421. The molecule has 3 aromatic rings. The van der Waals surface area contributed by atoms with Crippen LogP contribution in [0.4, 0.5) is 4.39 Å². The van der Waals surface area contributed by atoms with Crippen molar-refractivity contribution in [3.63, 3.8) is 0 Å². The van der Waals surface area contributed by atoms with Gasteiger partial charge in [0, 0.05) is 6.42 Å². The lowest BCUT2D eigenvalue weighted by Gasteiger charge is -2.09. The number of halogens is 1. The topological polar surface area (TPSA) is 107 Å². The molecule has 0 aliphatic heterocycles. The number of ether oxygens (including phenoxy) is 1. The van der Waals surface area contributed by atoms with Gasteiger partial charge in [0.1, 0.15) is 11.4 Å². The zero-order valence-electron chi connectivity index (χ0n) is 12.9. The average molecular weight is 340 g/mol. The van der Waals surface area contributed by atoms with Crippen molar-refractivity contribution >= 4 is 22.8 Å². The minimum absolute atomic E-state index is 0.0151. The highest BCUT2D eigenvalue weighted by Crippen LogP contribution is 2.20. The fourth-order valence-corrected chi connectivity index (χ4v) is 2.28. The Labute approximate surface area is 141 Å². The quantitative estimate of drug-likeness (QED) is 0.502. The van der Waals surface area contributed by atoms with Crippen LogP contribution in [0.15, 0.2) is 57.7 Å². The van der Waals surface area contributed by atoms with Gasteiger partial charge in [-0.05, 0) is 29.8 Å². The van der Waals surface area contributed by atoms with Crippen molar-refractivity contribution in [1.29, 1.82) is 10.8 Å². The number of nitrogens with one attached hydrogen (secondary N) is 2. The highest BCUT2D eigenvalue weighted by Gasteiger charge is 2.20. The first-order valence-electron chi connectivity index (χ1n) is 7.29. The van der Waals surface area contributed by atoms with Crippen LogP contribution in [-0.2, 0) is 11.2 Å². The van der Waals surface area contributed by atoms with E-state index in [2.05, 4.69) is 0 Å². The van der Waals surface area contributed by atoms with E-state index in [0.29, 0.717) is 5.56 Å². The third-order valence-corrected chi connectivity index (χ3v) is 3.48. The molecule has 3 N–H and O–H groups in total. The molecular weight excluding hydrogens is 327 g/mol. The van der Waals surface area contributed by atoms with E-state index in [1.165, 1.54) is 36.4 Å². The van der Waals surface area contributed by atoms with Crippen molar-refractivity contribution in [2.45, 2.75) is 6.42 Å². The van der Waals surface area contributed by atoms with E-state index in [1.807, 2.05) is 0 Å². The minimum Gasteiger partial charge on any atom is -0.501 e. The van der Waals surface area contributed by atoms with Crippen molar-refractivity contribution in [2.24, 2.45) is 0 Å². The molecule has 0 fully saturated rings. The van der Waals surface area contributed by atoms with E-state index >= 15 is 0 Å². The van der Waals surface area contributed by atoms with Gasteiger partial charge >= 0.3 is 0 Å². The normalized spacial score (nSPS) is 10.6. The molecule has 0 saturated carbocycles. The smallest absolute Gasteiger partial charge is 0.260 e. The van der Waals surface area contributed by atoms with Crippen LogP contribution >= 0.6 is 0 Å². The Morgan fingerprint density at radius 1 is 1.12 bits per heavy atom. The van der Waals surface area contributed by atoms with Crippen LogP contribution in [-0.4, -0.2) is 16.9 Å². The highest BCUT2D eigenvalue weighted by molar-refractivity contribution is 6.00. The van der Waals surface area contributed by atoms with Crippen LogP contribution in [0.2, 0.25) is 0 Å². The van der Waals surface area contributed by atoms with Gasteiger partial charge in [0.05, 0.1) is 5.39 Å². The number of rotatable bonds is 3. The Bertz CT molecular complexity index is 1030. The summed E-state index contributed by atoms with van der Waals surface area (Å²) in [6.45, 7) is 0. The Balaban J connectivity index is 1.82. The van der Waals surface area contributed by atoms with Crippen LogP contribution in [0.3, 0.4) is 0 Å². The molecule has 3 rings (SSSR count). The Morgan fingerprint density at radius 2 is 1.80 bits per heavy atom. The van der Waals surface area contributed by atoms with Gasteiger partial charge in [0.15, 0.2) is 5.90 Å². The molecule has 0 radical (unpaired) electrons. The predicted molar refractivity (Wildman–Crippen MR) is 89.9 cm³/mol. The summed E-state index contributed by atoms with van der Waals surface area (Å²) in [4.78, 5) is 12.1. The zero-order valence-corrected chi connectivity index (χ0v) is 12.9. The summed E-state index contributed by atoms with van der Waals surface area (Å²) in [5.41, 5.74) is 0.123. The van der Waals surface area contributed by atoms with E-state index in [4.69, 9.17) is 20.0 Å². The van der Waals surface area contributed by atoms with E-state index in [0.717, 1.165) is 0 Å². The second-order valence-electron chi connectivity index (χ2n) is 5.26. The average Bonchev–Trinajstić information content (AvgIpc) is 2.60. The van der Waals surface area contributed by atoms with Crippen LogP contribution in [0.5, 0.6) is 5.75 Å². The van der Waals surface area contributed by atoms with Gasteiger partial charge in [0.2, 0.25) is 16.9 Å². The largest absolute Gasteiger partial charge is 0.501 e. The number of benzene rings is 2. The molecule has 0 aliphatic carbocycles. The van der Waals surface area contributed by atoms with Gasteiger partial charge in [-0.3, -0.25) is 15.6 Å². The van der Waals surface area contributed by atoms with Crippen LogP contribution < -0.4 is 5.43 Å². The molecule has 0 bridgehead atoms. The van der Waals surface area contributed by atoms with Crippen LogP contribution in [0.1, 0.15) is 11.3 Å². The maximum absolute atomic E-state index is 12.9. The fourth-order valence-electron chi connectivity index (χ4n) is 2.28. The molecule has 1 aromatic heterocycles. The maximum atomic E-state index is 12.9. The third-order valence-electron chi connectivity index (χ3n) is 3.48. The molecule has 2 aromatic carbocycles. The highest BCUT2D eigenvalue weighted by atomic mass is 19.1. The zero-order chi connectivity index (χ0) is 18.0. The first-order chi connectivity index (χ1) is 12.0. The summed E-state index contributed by atoms with van der Waals surface area (Å²) in [5, 5.41) is 25.8. The molecule has 1 heterocycles. The molecule has 6 nitrogen and oxygen atoms in total. The molecule has 0 unspecified atom stereocenters. The van der Waals surface area contributed by atoms with Crippen molar-refractivity contribution in [1.82, 2.24) is 0 Å². The van der Waals surface area contributed by atoms with Gasteiger partial charge in [-0.1, -0.05) is 24.3 Å². The molecular formula is C18H13FN2O4. The number of aromatic hydroxyl groups is 1. The number of hydrogen-bond donors (Lipinski definition) is 3. The summed E-state index contributed by atoms with van der Waals surface area (Å²) in [6.07, 6.45) is 0.0151. The van der Waals surface area contributed by atoms with Gasteiger partial charge in [-0.25, -0.2) is 4.39 Å². The maximum Gasteiger partial charge on any atom is 0.260 e. The molecule has 7 heteroatoms. The SMILES string of the molecule is N=C(Cc1ccc(F)cc1)OC(=N)c1oc2ccccc2c(=O)c1O. The summed E-state index contributed by atoms with van der Waals surface area (Å²) >= 11 is 0. The van der Waals surface area contributed by atoms with E-state index in [1.54, 1.807) is 12.1 Å². The van der Waals surface area contributed by atoms with Crippen LogP contribution in [0, 0.1) is 16.6 Å². The molecule has 0 spiro atoms. The van der Waals surface area contributed by atoms with Gasteiger partial charge in [0.25, 0.3) is 5.90 Å². The van der Waals surface area contributed by atoms with Gasteiger partial charge in [-0.15, -0.1) is 0 Å². The lowest BCUT2D eigenvalue weighted by atomic mass is 10.1. The van der Waals surface area contributed by atoms with Gasteiger partial charge in [-0.2, -0.15) is 0 Å². The minimum atomic E-state index is -0.752. The molecule has 126 valence electrons. The molecule has 0 aliphatic rings. The summed E-state index contributed by atoms with van der Waals surface area (Å²) in [7, 11) is 0. The number of hydrogen-bond acceptors (Lipinski definition) is 6. The fraction of sp³-hybridized carbons (Fsp3) is 0.0556. The number of para-hydroxylation sites is 1. The Hall–Kier alpha value is -3.48. The molecule has 0 amide bonds.